The third-order valence-corrected chi connectivity index (χ3v) is 2.26. The minimum absolute atomic E-state index is 0.284. The van der Waals surface area contributed by atoms with Crippen molar-refractivity contribution in [3.05, 3.63) is 24.0 Å². The highest BCUT2D eigenvalue weighted by atomic mass is 16.5. The van der Waals surface area contributed by atoms with Gasteiger partial charge < -0.3 is 9.68 Å². The van der Waals surface area contributed by atoms with Crippen molar-refractivity contribution in [1.29, 1.82) is 0 Å². The summed E-state index contributed by atoms with van der Waals surface area (Å²) >= 11 is 0. The van der Waals surface area contributed by atoms with Crippen molar-refractivity contribution in [2.75, 3.05) is 0 Å². The van der Waals surface area contributed by atoms with Gasteiger partial charge in [0, 0.05) is 17.9 Å². The molecular formula is C9H12BNO2. The van der Waals surface area contributed by atoms with Crippen LogP contribution in [0.4, 0.5) is 0 Å². The van der Waals surface area contributed by atoms with Crippen LogP contribution in [0.3, 0.4) is 0 Å². The van der Waals surface area contributed by atoms with Gasteiger partial charge in [-0.1, -0.05) is 0 Å². The van der Waals surface area contributed by atoms with Crippen LogP contribution >= 0.6 is 0 Å². The molecule has 0 atom stereocenters. The average molecular weight is 177 g/mol. The smallest absolute Gasteiger partial charge is 0.423 e. The summed E-state index contributed by atoms with van der Waals surface area (Å²) in [4.78, 5) is 3.96. The molecule has 0 aliphatic carbocycles. The average Bonchev–Trinajstić information content (AvgIpc) is 2.02. The Morgan fingerprint density at radius 2 is 2.38 bits per heavy atom. The van der Waals surface area contributed by atoms with Crippen LogP contribution in [0.1, 0.15) is 19.4 Å². The first-order valence-electron chi connectivity index (χ1n) is 4.37. The van der Waals surface area contributed by atoms with Crippen LogP contribution < -0.4 is 5.46 Å². The topological polar surface area (TPSA) is 42.4 Å². The van der Waals surface area contributed by atoms with Crippen molar-refractivity contribution in [3.8, 4) is 0 Å². The molecular weight excluding hydrogens is 165 g/mol. The molecule has 3 nitrogen and oxygen atoms in total. The molecule has 1 aromatic rings. The minimum atomic E-state index is -0.826. The maximum atomic E-state index is 9.63. The molecule has 1 aliphatic heterocycles. The molecule has 0 saturated heterocycles. The number of pyridine rings is 1. The third kappa shape index (κ3) is 1.60. The van der Waals surface area contributed by atoms with Crippen molar-refractivity contribution >= 4 is 12.6 Å². The Morgan fingerprint density at radius 1 is 1.62 bits per heavy atom. The first kappa shape index (κ1) is 8.72. The van der Waals surface area contributed by atoms with Crippen LogP contribution in [0.25, 0.3) is 0 Å². The van der Waals surface area contributed by atoms with E-state index in [0.717, 1.165) is 17.4 Å². The molecule has 68 valence electrons. The van der Waals surface area contributed by atoms with Crippen molar-refractivity contribution in [2.45, 2.75) is 25.9 Å². The molecule has 0 amide bonds. The van der Waals surface area contributed by atoms with Crippen molar-refractivity contribution in [1.82, 2.24) is 4.98 Å². The Morgan fingerprint density at radius 3 is 3.15 bits per heavy atom. The summed E-state index contributed by atoms with van der Waals surface area (Å²) in [5.41, 5.74) is 1.63. The van der Waals surface area contributed by atoms with Crippen LogP contribution in [0.15, 0.2) is 18.5 Å². The molecule has 4 heteroatoms. The van der Waals surface area contributed by atoms with Gasteiger partial charge in [-0.25, -0.2) is 0 Å². The molecule has 0 spiro atoms. The van der Waals surface area contributed by atoms with Gasteiger partial charge in [-0.3, -0.25) is 4.98 Å². The van der Waals surface area contributed by atoms with Gasteiger partial charge in [-0.05, 0) is 31.9 Å². The summed E-state index contributed by atoms with van der Waals surface area (Å²) in [6, 6.07) is 1.93. The molecule has 2 heterocycles. The fourth-order valence-corrected chi connectivity index (χ4v) is 1.68. The molecule has 1 N–H and O–H groups in total. The predicted molar refractivity (Wildman–Crippen MR) is 50.7 cm³/mol. The highest BCUT2D eigenvalue weighted by molar-refractivity contribution is 6.60. The van der Waals surface area contributed by atoms with E-state index in [2.05, 4.69) is 4.98 Å². The zero-order valence-corrected chi connectivity index (χ0v) is 7.82. The van der Waals surface area contributed by atoms with Gasteiger partial charge >= 0.3 is 7.12 Å². The molecule has 0 unspecified atom stereocenters. The normalized spacial score (nSPS) is 19.8. The van der Waals surface area contributed by atoms with Gasteiger partial charge in [-0.2, -0.15) is 0 Å². The standard InChI is InChI=1S/C9H12BNO2/c1-9(2)5-7-3-4-11-6-8(7)10(12)13-9/h3-4,6,12H,5H2,1-2H3. The molecule has 1 aromatic heterocycles. The number of aromatic nitrogens is 1. The van der Waals surface area contributed by atoms with Gasteiger partial charge in [-0.15, -0.1) is 0 Å². The fraction of sp³-hybridized carbons (Fsp3) is 0.444. The summed E-state index contributed by atoms with van der Waals surface area (Å²) in [6.45, 7) is 3.94. The highest BCUT2D eigenvalue weighted by Crippen LogP contribution is 2.20. The van der Waals surface area contributed by atoms with E-state index in [1.165, 1.54) is 0 Å². The van der Waals surface area contributed by atoms with E-state index < -0.39 is 7.12 Å². The number of nitrogens with zero attached hydrogens (tertiary/aromatic N) is 1. The van der Waals surface area contributed by atoms with E-state index in [1.807, 2.05) is 19.9 Å². The van der Waals surface area contributed by atoms with Gasteiger partial charge in [0.1, 0.15) is 0 Å². The second-order valence-electron chi connectivity index (χ2n) is 3.98. The number of fused-ring (bicyclic) bond motifs is 1. The van der Waals surface area contributed by atoms with E-state index in [9.17, 15) is 5.02 Å². The lowest BCUT2D eigenvalue weighted by Gasteiger charge is -2.33. The van der Waals surface area contributed by atoms with Crippen LogP contribution in [0.2, 0.25) is 0 Å². The molecule has 0 aromatic carbocycles. The zero-order chi connectivity index (χ0) is 9.47. The lowest BCUT2D eigenvalue weighted by molar-refractivity contribution is 0.0819. The van der Waals surface area contributed by atoms with E-state index in [0.29, 0.717) is 0 Å². The zero-order valence-electron chi connectivity index (χ0n) is 7.82. The van der Waals surface area contributed by atoms with Crippen molar-refractivity contribution < 1.29 is 9.68 Å². The fourth-order valence-electron chi connectivity index (χ4n) is 1.68. The van der Waals surface area contributed by atoms with E-state index in [4.69, 9.17) is 4.65 Å². The molecule has 1 aliphatic rings. The predicted octanol–water partition coefficient (Wildman–Crippen LogP) is 0.120. The van der Waals surface area contributed by atoms with Gasteiger partial charge in [0.2, 0.25) is 0 Å². The Hall–Kier alpha value is -0.865. The summed E-state index contributed by atoms with van der Waals surface area (Å²) in [6.07, 6.45) is 4.23. The van der Waals surface area contributed by atoms with E-state index >= 15 is 0 Å². The van der Waals surface area contributed by atoms with Crippen molar-refractivity contribution in [2.24, 2.45) is 0 Å². The van der Waals surface area contributed by atoms with Crippen LogP contribution in [-0.4, -0.2) is 22.7 Å². The number of rotatable bonds is 0. The monoisotopic (exact) mass is 177 g/mol. The van der Waals surface area contributed by atoms with Gasteiger partial charge in [0.15, 0.2) is 0 Å². The number of hydrogen-bond acceptors (Lipinski definition) is 3. The summed E-state index contributed by atoms with van der Waals surface area (Å²) in [5, 5.41) is 9.63. The van der Waals surface area contributed by atoms with Crippen molar-refractivity contribution in [3.63, 3.8) is 0 Å². The Kier molecular flexibility index (Phi) is 1.89. The number of hydrogen-bond donors (Lipinski definition) is 1. The second kappa shape index (κ2) is 2.82. The van der Waals surface area contributed by atoms with Gasteiger partial charge in [0.25, 0.3) is 0 Å². The maximum Gasteiger partial charge on any atom is 0.493 e. The molecule has 0 radical (unpaired) electrons. The maximum absolute atomic E-state index is 9.63. The molecule has 0 saturated carbocycles. The summed E-state index contributed by atoms with van der Waals surface area (Å²) < 4.78 is 5.42. The van der Waals surface area contributed by atoms with E-state index in [1.54, 1.807) is 12.4 Å². The molecule has 13 heavy (non-hydrogen) atoms. The lowest BCUT2D eigenvalue weighted by Crippen LogP contribution is -2.50. The molecule has 2 rings (SSSR count). The lowest BCUT2D eigenvalue weighted by atomic mass is 9.71. The van der Waals surface area contributed by atoms with Gasteiger partial charge in [0.05, 0.1) is 5.60 Å². The highest BCUT2D eigenvalue weighted by Gasteiger charge is 2.35. The Bertz CT molecular complexity index is 327. The van der Waals surface area contributed by atoms with Crippen LogP contribution in [0.5, 0.6) is 0 Å². The SMILES string of the molecule is CC1(C)Cc2ccncc2B(O)O1. The molecule has 0 fully saturated rings. The second-order valence-corrected chi connectivity index (χ2v) is 3.98. The Balaban J connectivity index is 2.43. The Labute approximate surface area is 77.9 Å². The first-order valence-corrected chi connectivity index (χ1v) is 4.37. The van der Waals surface area contributed by atoms with E-state index in [-0.39, 0.29) is 5.60 Å². The first-order chi connectivity index (χ1) is 6.08. The quantitative estimate of drug-likeness (QED) is 0.572. The van der Waals surface area contributed by atoms with Crippen LogP contribution in [-0.2, 0) is 11.1 Å². The van der Waals surface area contributed by atoms with Crippen LogP contribution in [0, 0.1) is 0 Å². The minimum Gasteiger partial charge on any atom is -0.423 e. The summed E-state index contributed by atoms with van der Waals surface area (Å²) in [7, 11) is -0.826. The molecule has 0 bridgehead atoms. The largest absolute Gasteiger partial charge is 0.493 e. The third-order valence-electron chi connectivity index (χ3n) is 2.26. The summed E-state index contributed by atoms with van der Waals surface area (Å²) in [5.74, 6) is 0.